The van der Waals surface area contributed by atoms with Gasteiger partial charge in [-0.1, -0.05) is 24.3 Å². The van der Waals surface area contributed by atoms with Crippen LogP contribution in [0.3, 0.4) is 0 Å². The first-order chi connectivity index (χ1) is 9.61. The van der Waals surface area contributed by atoms with E-state index < -0.39 is 0 Å². The highest BCUT2D eigenvalue weighted by Gasteiger charge is 2.10. The van der Waals surface area contributed by atoms with Gasteiger partial charge in [0.05, 0.1) is 7.11 Å². The number of methoxy groups -OCH3 is 1. The van der Waals surface area contributed by atoms with Crippen molar-refractivity contribution in [2.75, 3.05) is 7.11 Å². The SMILES string of the molecule is COc1ccccc1CNC(C)c1ccc(I)cc1I. The Balaban J connectivity index is 2.06. The van der Waals surface area contributed by atoms with Gasteiger partial charge in [-0.25, -0.2) is 0 Å². The molecule has 20 heavy (non-hydrogen) atoms. The first-order valence-corrected chi connectivity index (χ1v) is 8.58. The van der Waals surface area contributed by atoms with Crippen molar-refractivity contribution >= 4 is 45.2 Å². The monoisotopic (exact) mass is 493 g/mol. The number of hydrogen-bond acceptors (Lipinski definition) is 2. The lowest BCUT2D eigenvalue weighted by Crippen LogP contribution is -2.19. The van der Waals surface area contributed by atoms with Crippen molar-refractivity contribution in [3.8, 4) is 5.75 Å². The fourth-order valence-electron chi connectivity index (χ4n) is 2.07. The van der Waals surface area contributed by atoms with Gasteiger partial charge in [0.15, 0.2) is 0 Å². The molecule has 0 fully saturated rings. The molecule has 0 aromatic heterocycles. The lowest BCUT2D eigenvalue weighted by molar-refractivity contribution is 0.406. The smallest absolute Gasteiger partial charge is 0.123 e. The zero-order valence-electron chi connectivity index (χ0n) is 11.5. The largest absolute Gasteiger partial charge is 0.496 e. The number of ether oxygens (including phenoxy) is 1. The van der Waals surface area contributed by atoms with Crippen LogP contribution in [0.15, 0.2) is 42.5 Å². The van der Waals surface area contributed by atoms with Crippen LogP contribution in [-0.2, 0) is 6.54 Å². The van der Waals surface area contributed by atoms with E-state index in [-0.39, 0.29) is 0 Å². The number of hydrogen-bond donors (Lipinski definition) is 1. The highest BCUT2D eigenvalue weighted by molar-refractivity contribution is 14.1. The maximum Gasteiger partial charge on any atom is 0.123 e. The third-order valence-corrected chi connectivity index (χ3v) is 4.83. The van der Waals surface area contributed by atoms with Gasteiger partial charge in [0.1, 0.15) is 5.75 Å². The van der Waals surface area contributed by atoms with Crippen molar-refractivity contribution in [1.82, 2.24) is 5.32 Å². The summed E-state index contributed by atoms with van der Waals surface area (Å²) in [5, 5.41) is 3.56. The molecule has 2 rings (SSSR count). The number of benzene rings is 2. The lowest BCUT2D eigenvalue weighted by atomic mass is 10.1. The van der Waals surface area contributed by atoms with E-state index in [1.165, 1.54) is 18.3 Å². The molecule has 106 valence electrons. The van der Waals surface area contributed by atoms with Gasteiger partial charge in [0.25, 0.3) is 0 Å². The normalized spacial score (nSPS) is 12.2. The lowest BCUT2D eigenvalue weighted by Gasteiger charge is -2.17. The minimum absolute atomic E-state index is 0.309. The van der Waals surface area contributed by atoms with Crippen LogP contribution in [0.1, 0.15) is 24.1 Å². The van der Waals surface area contributed by atoms with Crippen LogP contribution in [0.25, 0.3) is 0 Å². The van der Waals surface area contributed by atoms with Crippen molar-refractivity contribution in [3.63, 3.8) is 0 Å². The first kappa shape index (κ1) is 16.0. The zero-order chi connectivity index (χ0) is 14.5. The van der Waals surface area contributed by atoms with E-state index in [2.05, 4.69) is 81.7 Å². The van der Waals surface area contributed by atoms with E-state index in [4.69, 9.17) is 4.74 Å². The maximum absolute atomic E-state index is 5.38. The van der Waals surface area contributed by atoms with E-state index in [0.717, 1.165) is 12.3 Å². The molecule has 1 unspecified atom stereocenters. The molecule has 0 aliphatic heterocycles. The molecule has 2 nitrogen and oxygen atoms in total. The Bertz CT molecular complexity index is 586. The summed E-state index contributed by atoms with van der Waals surface area (Å²) in [7, 11) is 1.71. The second-order valence-corrected chi connectivity index (χ2v) is 6.99. The summed E-state index contributed by atoms with van der Waals surface area (Å²) in [5.74, 6) is 0.935. The number of halogens is 2. The Morgan fingerprint density at radius 3 is 2.60 bits per heavy atom. The predicted octanol–water partition coefficient (Wildman–Crippen LogP) is 4.76. The van der Waals surface area contributed by atoms with Crippen LogP contribution >= 0.6 is 45.2 Å². The van der Waals surface area contributed by atoms with Gasteiger partial charge < -0.3 is 10.1 Å². The summed E-state index contributed by atoms with van der Waals surface area (Å²) < 4.78 is 7.95. The van der Waals surface area contributed by atoms with Gasteiger partial charge >= 0.3 is 0 Å². The summed E-state index contributed by atoms with van der Waals surface area (Å²) >= 11 is 4.74. The Labute approximate surface area is 147 Å². The van der Waals surface area contributed by atoms with Crippen molar-refractivity contribution in [2.24, 2.45) is 0 Å². The quantitative estimate of drug-likeness (QED) is 0.608. The molecule has 0 aliphatic carbocycles. The molecule has 2 aromatic carbocycles. The molecule has 4 heteroatoms. The highest BCUT2D eigenvalue weighted by atomic mass is 127. The van der Waals surface area contributed by atoms with Gasteiger partial charge in [-0.05, 0) is 75.9 Å². The second kappa shape index (κ2) is 7.61. The average molecular weight is 493 g/mol. The number of rotatable bonds is 5. The van der Waals surface area contributed by atoms with Crippen molar-refractivity contribution in [3.05, 3.63) is 60.7 Å². The summed E-state index contributed by atoms with van der Waals surface area (Å²) in [4.78, 5) is 0. The highest BCUT2D eigenvalue weighted by Crippen LogP contribution is 2.23. The molecule has 1 N–H and O–H groups in total. The Morgan fingerprint density at radius 2 is 1.90 bits per heavy atom. The molecule has 1 atom stereocenters. The molecule has 0 heterocycles. The van der Waals surface area contributed by atoms with E-state index in [9.17, 15) is 0 Å². The molecule has 0 bridgehead atoms. The van der Waals surface area contributed by atoms with Crippen LogP contribution in [0, 0.1) is 7.14 Å². The fourth-order valence-corrected chi connectivity index (χ4v) is 4.14. The van der Waals surface area contributed by atoms with Gasteiger partial charge in [0.2, 0.25) is 0 Å². The number of para-hydroxylation sites is 1. The standard InChI is InChI=1S/C16H17I2NO/c1-11(14-8-7-13(17)9-15(14)18)19-10-12-5-3-4-6-16(12)20-2/h3-9,11,19H,10H2,1-2H3. The minimum atomic E-state index is 0.309. The maximum atomic E-state index is 5.38. The van der Waals surface area contributed by atoms with Crippen LogP contribution < -0.4 is 10.1 Å². The summed E-state index contributed by atoms with van der Waals surface area (Å²) in [6, 6.07) is 15.0. The van der Waals surface area contributed by atoms with Gasteiger partial charge in [0, 0.05) is 25.3 Å². The average Bonchev–Trinajstić information content (AvgIpc) is 2.45. The molecule has 0 aliphatic rings. The molecule has 0 saturated heterocycles. The van der Waals surface area contributed by atoms with Crippen LogP contribution in [0.5, 0.6) is 5.75 Å². The predicted molar refractivity (Wildman–Crippen MR) is 100 cm³/mol. The minimum Gasteiger partial charge on any atom is -0.496 e. The van der Waals surface area contributed by atoms with E-state index >= 15 is 0 Å². The zero-order valence-corrected chi connectivity index (χ0v) is 15.8. The molecule has 0 spiro atoms. The van der Waals surface area contributed by atoms with Crippen LogP contribution in [0.2, 0.25) is 0 Å². The van der Waals surface area contributed by atoms with Crippen molar-refractivity contribution in [1.29, 1.82) is 0 Å². The van der Waals surface area contributed by atoms with Gasteiger partial charge in [-0.15, -0.1) is 0 Å². The van der Waals surface area contributed by atoms with E-state index in [0.29, 0.717) is 6.04 Å². The molecular weight excluding hydrogens is 476 g/mol. The van der Waals surface area contributed by atoms with Crippen molar-refractivity contribution < 1.29 is 4.74 Å². The summed E-state index contributed by atoms with van der Waals surface area (Å²) in [5.41, 5.74) is 2.52. The van der Waals surface area contributed by atoms with E-state index in [1.54, 1.807) is 7.11 Å². The molecule has 2 aromatic rings. The molecule has 0 amide bonds. The molecule has 0 radical (unpaired) electrons. The third-order valence-electron chi connectivity index (χ3n) is 3.22. The second-order valence-electron chi connectivity index (χ2n) is 4.58. The summed E-state index contributed by atoms with van der Waals surface area (Å²) in [6.07, 6.45) is 0. The summed E-state index contributed by atoms with van der Waals surface area (Å²) in [6.45, 7) is 2.99. The Kier molecular flexibility index (Phi) is 6.10. The Hall–Kier alpha value is -0.340. The van der Waals surface area contributed by atoms with Gasteiger partial charge in [-0.3, -0.25) is 0 Å². The van der Waals surface area contributed by atoms with E-state index in [1.807, 2.05) is 18.2 Å². The first-order valence-electron chi connectivity index (χ1n) is 6.42. The van der Waals surface area contributed by atoms with Crippen molar-refractivity contribution in [2.45, 2.75) is 19.5 Å². The number of nitrogens with one attached hydrogen (secondary N) is 1. The van der Waals surface area contributed by atoms with Crippen LogP contribution in [-0.4, -0.2) is 7.11 Å². The topological polar surface area (TPSA) is 21.3 Å². The fraction of sp³-hybridized carbons (Fsp3) is 0.250. The molecule has 0 saturated carbocycles. The Morgan fingerprint density at radius 1 is 1.15 bits per heavy atom. The van der Waals surface area contributed by atoms with Crippen LogP contribution in [0.4, 0.5) is 0 Å². The van der Waals surface area contributed by atoms with Gasteiger partial charge in [-0.2, -0.15) is 0 Å². The molecular formula is C16H17I2NO. The third kappa shape index (κ3) is 4.08.